The molecule has 3 aromatic heterocycles. The average molecular weight is 402 g/mol. The summed E-state index contributed by atoms with van der Waals surface area (Å²) in [5, 5.41) is 14.5. The molecule has 0 amide bonds. The minimum absolute atomic E-state index is 0.0665. The van der Waals surface area contributed by atoms with Gasteiger partial charge in [0, 0.05) is 36.8 Å². The molecule has 9 heteroatoms. The SMILES string of the molecule is Cc1ccsc1CNC1CCN(c2nc3[nH]cc(C(=O)O)c(=O)c3cc2F)C1. The minimum atomic E-state index is -1.36. The van der Waals surface area contributed by atoms with Crippen molar-refractivity contribution in [1.82, 2.24) is 15.3 Å². The van der Waals surface area contributed by atoms with Crippen LogP contribution in [0.25, 0.3) is 11.0 Å². The maximum atomic E-state index is 14.7. The topological polar surface area (TPSA) is 98.3 Å². The van der Waals surface area contributed by atoms with Gasteiger partial charge in [-0.2, -0.15) is 0 Å². The van der Waals surface area contributed by atoms with Crippen molar-refractivity contribution in [2.75, 3.05) is 18.0 Å². The summed E-state index contributed by atoms with van der Waals surface area (Å²) in [5.41, 5.74) is 0.263. The standard InChI is InChI=1S/C19H19FN4O3S/c1-10-3-5-28-15(10)8-21-11-2-4-24(9-11)18-14(20)6-12-16(25)13(19(26)27)7-22-17(12)23-18/h3,5-7,11,21H,2,4,8-9H2,1H3,(H,26,27)(H,22,23,25). The second kappa shape index (κ2) is 7.33. The number of halogens is 1. The number of aryl methyl sites for hydroxylation is 1. The number of thiophene rings is 1. The van der Waals surface area contributed by atoms with Crippen LogP contribution in [-0.4, -0.2) is 40.2 Å². The number of nitrogens with zero attached hydrogens (tertiary/aromatic N) is 2. The van der Waals surface area contributed by atoms with Gasteiger partial charge in [0.05, 0.1) is 5.39 Å². The fourth-order valence-electron chi connectivity index (χ4n) is 3.44. The number of anilines is 1. The molecule has 0 saturated carbocycles. The van der Waals surface area contributed by atoms with Crippen LogP contribution in [0.1, 0.15) is 27.2 Å². The Morgan fingerprint density at radius 2 is 2.36 bits per heavy atom. The lowest BCUT2D eigenvalue weighted by Gasteiger charge is -2.19. The van der Waals surface area contributed by atoms with E-state index in [-0.39, 0.29) is 22.9 Å². The number of carboxylic acid groups (broad SMARTS) is 1. The van der Waals surface area contributed by atoms with Crippen LogP contribution in [0.5, 0.6) is 0 Å². The first-order chi connectivity index (χ1) is 13.4. The number of hydrogen-bond acceptors (Lipinski definition) is 6. The Morgan fingerprint density at radius 3 is 3.07 bits per heavy atom. The second-order valence-electron chi connectivity index (χ2n) is 6.87. The summed E-state index contributed by atoms with van der Waals surface area (Å²) in [6, 6.07) is 3.37. The summed E-state index contributed by atoms with van der Waals surface area (Å²) in [5.74, 6) is -1.82. The molecule has 0 aliphatic carbocycles. The molecule has 28 heavy (non-hydrogen) atoms. The summed E-state index contributed by atoms with van der Waals surface area (Å²) in [7, 11) is 0. The van der Waals surface area contributed by atoms with Gasteiger partial charge in [-0.25, -0.2) is 14.2 Å². The number of aromatic nitrogens is 2. The van der Waals surface area contributed by atoms with Crippen LogP contribution < -0.4 is 15.6 Å². The molecule has 0 bridgehead atoms. The molecule has 1 atom stereocenters. The number of carboxylic acids is 1. The van der Waals surface area contributed by atoms with Gasteiger partial charge in [0.2, 0.25) is 5.43 Å². The number of H-pyrrole nitrogens is 1. The van der Waals surface area contributed by atoms with Gasteiger partial charge < -0.3 is 20.3 Å². The van der Waals surface area contributed by atoms with Gasteiger partial charge in [0.1, 0.15) is 11.2 Å². The van der Waals surface area contributed by atoms with Crippen LogP contribution >= 0.6 is 11.3 Å². The van der Waals surface area contributed by atoms with Crippen molar-refractivity contribution >= 4 is 34.2 Å². The maximum absolute atomic E-state index is 14.7. The van der Waals surface area contributed by atoms with E-state index in [0.717, 1.165) is 25.2 Å². The normalized spacial score (nSPS) is 16.8. The molecular weight excluding hydrogens is 383 g/mol. The van der Waals surface area contributed by atoms with E-state index >= 15 is 0 Å². The number of carbonyl (C=O) groups is 1. The highest BCUT2D eigenvalue weighted by Gasteiger charge is 2.26. The zero-order chi connectivity index (χ0) is 19.8. The Kier molecular flexibility index (Phi) is 4.86. The van der Waals surface area contributed by atoms with Crippen molar-refractivity contribution in [3.63, 3.8) is 0 Å². The highest BCUT2D eigenvalue weighted by Crippen LogP contribution is 2.24. The Bertz CT molecular complexity index is 1110. The van der Waals surface area contributed by atoms with E-state index in [9.17, 15) is 14.0 Å². The molecule has 7 nitrogen and oxygen atoms in total. The zero-order valence-corrected chi connectivity index (χ0v) is 16.0. The summed E-state index contributed by atoms with van der Waals surface area (Å²) in [6.45, 7) is 4.12. The molecule has 1 aliphatic heterocycles. The Hall–Kier alpha value is -2.78. The summed E-state index contributed by atoms with van der Waals surface area (Å²) >= 11 is 1.71. The Labute approximate surface area is 163 Å². The largest absolute Gasteiger partial charge is 0.477 e. The zero-order valence-electron chi connectivity index (χ0n) is 15.2. The van der Waals surface area contributed by atoms with Crippen LogP contribution in [0.15, 0.2) is 28.5 Å². The minimum Gasteiger partial charge on any atom is -0.477 e. The first kappa shape index (κ1) is 18.6. The number of rotatable bonds is 5. The van der Waals surface area contributed by atoms with E-state index in [4.69, 9.17) is 5.11 Å². The third-order valence-corrected chi connectivity index (χ3v) is 6.06. The van der Waals surface area contributed by atoms with Crippen molar-refractivity contribution in [1.29, 1.82) is 0 Å². The van der Waals surface area contributed by atoms with Crippen LogP contribution in [0.2, 0.25) is 0 Å². The van der Waals surface area contributed by atoms with Gasteiger partial charge in [0.15, 0.2) is 11.6 Å². The lowest BCUT2D eigenvalue weighted by Crippen LogP contribution is -2.32. The predicted molar refractivity (Wildman–Crippen MR) is 106 cm³/mol. The van der Waals surface area contributed by atoms with E-state index in [1.165, 1.54) is 10.4 Å². The van der Waals surface area contributed by atoms with Crippen LogP contribution in [-0.2, 0) is 6.54 Å². The molecule has 0 radical (unpaired) electrons. The molecule has 0 spiro atoms. The van der Waals surface area contributed by atoms with E-state index < -0.39 is 22.8 Å². The molecule has 3 aromatic rings. The molecule has 1 unspecified atom stereocenters. The van der Waals surface area contributed by atoms with Crippen LogP contribution in [0.4, 0.5) is 10.2 Å². The van der Waals surface area contributed by atoms with Gasteiger partial charge in [0.25, 0.3) is 0 Å². The maximum Gasteiger partial charge on any atom is 0.341 e. The van der Waals surface area contributed by atoms with Crippen molar-refractivity contribution in [2.24, 2.45) is 0 Å². The van der Waals surface area contributed by atoms with Crippen molar-refractivity contribution in [2.45, 2.75) is 25.9 Å². The smallest absolute Gasteiger partial charge is 0.341 e. The number of nitrogens with one attached hydrogen (secondary N) is 2. The summed E-state index contributed by atoms with van der Waals surface area (Å²) in [6.07, 6.45) is 1.96. The lowest BCUT2D eigenvalue weighted by molar-refractivity contribution is 0.0695. The lowest BCUT2D eigenvalue weighted by atomic mass is 10.2. The van der Waals surface area contributed by atoms with Crippen molar-refractivity contribution < 1.29 is 14.3 Å². The molecule has 4 rings (SSSR count). The first-order valence-electron chi connectivity index (χ1n) is 8.90. The molecule has 4 heterocycles. The molecule has 1 fully saturated rings. The fraction of sp³-hybridized carbons (Fsp3) is 0.316. The number of pyridine rings is 2. The fourth-order valence-corrected chi connectivity index (χ4v) is 4.29. The molecule has 0 aromatic carbocycles. The van der Waals surface area contributed by atoms with Gasteiger partial charge in [-0.05, 0) is 36.4 Å². The molecule has 3 N–H and O–H groups in total. The van der Waals surface area contributed by atoms with E-state index in [1.54, 1.807) is 11.3 Å². The first-order valence-corrected chi connectivity index (χ1v) is 9.78. The molecular formula is C19H19FN4O3S. The number of hydrogen-bond donors (Lipinski definition) is 3. The quantitative estimate of drug-likeness (QED) is 0.607. The summed E-state index contributed by atoms with van der Waals surface area (Å²) < 4.78 is 14.7. The highest BCUT2D eigenvalue weighted by molar-refractivity contribution is 7.10. The second-order valence-corrected chi connectivity index (χ2v) is 7.87. The third kappa shape index (κ3) is 3.38. The van der Waals surface area contributed by atoms with E-state index in [1.807, 2.05) is 4.90 Å². The van der Waals surface area contributed by atoms with Gasteiger partial charge in [-0.15, -0.1) is 11.3 Å². The number of aromatic carboxylic acids is 1. The van der Waals surface area contributed by atoms with E-state index in [2.05, 4.69) is 33.7 Å². The Balaban J connectivity index is 1.54. The van der Waals surface area contributed by atoms with Gasteiger partial charge in [-0.1, -0.05) is 0 Å². The third-order valence-electron chi connectivity index (χ3n) is 5.04. The Morgan fingerprint density at radius 1 is 1.54 bits per heavy atom. The molecule has 146 valence electrons. The summed E-state index contributed by atoms with van der Waals surface area (Å²) in [4.78, 5) is 33.4. The number of fused-ring (bicyclic) bond motifs is 1. The van der Waals surface area contributed by atoms with Gasteiger partial charge >= 0.3 is 5.97 Å². The van der Waals surface area contributed by atoms with Crippen LogP contribution in [0.3, 0.4) is 0 Å². The molecule has 1 saturated heterocycles. The monoisotopic (exact) mass is 402 g/mol. The highest BCUT2D eigenvalue weighted by atomic mass is 32.1. The van der Waals surface area contributed by atoms with Crippen LogP contribution in [0, 0.1) is 12.7 Å². The average Bonchev–Trinajstić information content (AvgIpc) is 3.29. The number of aromatic amines is 1. The molecule has 1 aliphatic rings. The van der Waals surface area contributed by atoms with E-state index in [0.29, 0.717) is 13.1 Å². The van der Waals surface area contributed by atoms with Crippen molar-refractivity contribution in [3.05, 3.63) is 55.8 Å². The predicted octanol–water partition coefficient (Wildman–Crippen LogP) is 2.50. The van der Waals surface area contributed by atoms with Crippen molar-refractivity contribution in [3.8, 4) is 0 Å². The van der Waals surface area contributed by atoms with Gasteiger partial charge in [-0.3, -0.25) is 4.79 Å².